The SMILES string of the molecule is CC(C)n1c(C(CCCNC(=N)CF)NC(=O)c2ccc(-c3ccccc3)cc2C(=O)O)nc2ccccc21. The van der Waals surface area contributed by atoms with Crippen LogP contribution in [-0.4, -0.2) is 45.6 Å². The molecule has 0 saturated heterocycles. The van der Waals surface area contributed by atoms with Crippen LogP contribution in [-0.2, 0) is 0 Å². The minimum atomic E-state index is -1.20. The highest BCUT2D eigenvalue weighted by molar-refractivity contribution is 6.05. The zero-order valence-corrected chi connectivity index (χ0v) is 21.9. The number of nitrogens with one attached hydrogen (secondary N) is 3. The second-order valence-corrected chi connectivity index (χ2v) is 9.56. The van der Waals surface area contributed by atoms with Crippen molar-refractivity contribution in [1.82, 2.24) is 20.2 Å². The van der Waals surface area contributed by atoms with Gasteiger partial charge in [-0.15, -0.1) is 0 Å². The summed E-state index contributed by atoms with van der Waals surface area (Å²) in [7, 11) is 0. The number of imidazole rings is 1. The van der Waals surface area contributed by atoms with Gasteiger partial charge in [0.05, 0.1) is 28.2 Å². The van der Waals surface area contributed by atoms with Gasteiger partial charge in [-0.2, -0.15) is 0 Å². The zero-order chi connectivity index (χ0) is 27.9. The second kappa shape index (κ2) is 12.3. The first-order chi connectivity index (χ1) is 18.8. The first kappa shape index (κ1) is 27.5. The largest absolute Gasteiger partial charge is 0.478 e. The van der Waals surface area contributed by atoms with Gasteiger partial charge in [-0.25, -0.2) is 14.2 Å². The third-order valence-electron chi connectivity index (χ3n) is 6.50. The van der Waals surface area contributed by atoms with E-state index in [2.05, 4.69) is 15.2 Å². The van der Waals surface area contributed by atoms with Crippen molar-refractivity contribution in [2.45, 2.75) is 38.8 Å². The van der Waals surface area contributed by atoms with Crippen LogP contribution < -0.4 is 10.6 Å². The van der Waals surface area contributed by atoms with Crippen LogP contribution in [0.3, 0.4) is 0 Å². The van der Waals surface area contributed by atoms with Crippen LogP contribution in [0.2, 0.25) is 0 Å². The number of fused-ring (bicyclic) bond motifs is 1. The van der Waals surface area contributed by atoms with E-state index in [1.807, 2.05) is 68.4 Å². The lowest BCUT2D eigenvalue weighted by atomic mass is 9.98. The molecule has 4 N–H and O–H groups in total. The first-order valence-corrected chi connectivity index (χ1v) is 12.9. The number of aromatic carboxylic acids is 1. The highest BCUT2D eigenvalue weighted by atomic mass is 19.1. The second-order valence-electron chi connectivity index (χ2n) is 9.56. The van der Waals surface area contributed by atoms with E-state index < -0.39 is 24.6 Å². The fraction of sp³-hybridized carbons (Fsp3) is 0.267. The number of carboxylic acid groups (broad SMARTS) is 1. The monoisotopic (exact) mass is 529 g/mol. The Morgan fingerprint density at radius 1 is 1.00 bits per heavy atom. The van der Waals surface area contributed by atoms with Gasteiger partial charge in [-0.05, 0) is 62.1 Å². The minimum absolute atomic E-state index is 0.0457. The van der Waals surface area contributed by atoms with Crippen LogP contribution in [0.25, 0.3) is 22.2 Å². The summed E-state index contributed by atoms with van der Waals surface area (Å²) in [5.41, 5.74) is 3.22. The number of halogens is 1. The van der Waals surface area contributed by atoms with E-state index in [0.717, 1.165) is 16.6 Å². The molecule has 0 radical (unpaired) electrons. The number of alkyl halides is 1. The number of benzene rings is 3. The molecule has 1 amide bonds. The van der Waals surface area contributed by atoms with Gasteiger partial charge in [0.2, 0.25) is 0 Å². The number of carbonyl (C=O) groups is 2. The van der Waals surface area contributed by atoms with Crippen molar-refractivity contribution in [3.05, 3.63) is 89.7 Å². The highest BCUT2D eigenvalue weighted by Crippen LogP contribution is 2.28. The summed E-state index contributed by atoms with van der Waals surface area (Å²) in [4.78, 5) is 30.6. The normalized spacial score (nSPS) is 11.9. The molecule has 1 atom stereocenters. The third kappa shape index (κ3) is 6.31. The maximum Gasteiger partial charge on any atom is 0.336 e. The molecule has 8 nitrogen and oxygen atoms in total. The Hall–Kier alpha value is -4.53. The van der Waals surface area contributed by atoms with Crippen molar-refractivity contribution in [3.63, 3.8) is 0 Å². The molecular weight excluding hydrogens is 497 g/mol. The average Bonchev–Trinajstić information content (AvgIpc) is 3.34. The maximum atomic E-state index is 13.6. The summed E-state index contributed by atoms with van der Waals surface area (Å²) in [5, 5.41) is 23.2. The molecule has 0 aliphatic heterocycles. The Labute approximate surface area is 226 Å². The molecule has 9 heteroatoms. The van der Waals surface area contributed by atoms with E-state index in [9.17, 15) is 19.1 Å². The highest BCUT2D eigenvalue weighted by Gasteiger charge is 2.26. The van der Waals surface area contributed by atoms with Crippen LogP contribution in [0.4, 0.5) is 4.39 Å². The minimum Gasteiger partial charge on any atom is -0.478 e. The van der Waals surface area contributed by atoms with Crippen LogP contribution >= 0.6 is 0 Å². The molecule has 202 valence electrons. The Kier molecular flexibility index (Phi) is 8.70. The molecule has 1 unspecified atom stereocenters. The molecule has 0 aliphatic carbocycles. The van der Waals surface area contributed by atoms with Gasteiger partial charge < -0.3 is 20.3 Å². The molecular formula is C30H32FN5O3. The van der Waals surface area contributed by atoms with Crippen LogP contribution in [0.1, 0.15) is 65.3 Å². The van der Waals surface area contributed by atoms with Gasteiger partial charge in [0.25, 0.3) is 5.91 Å². The number of hydrogen-bond donors (Lipinski definition) is 4. The predicted molar refractivity (Wildman–Crippen MR) is 150 cm³/mol. The topological polar surface area (TPSA) is 120 Å². The third-order valence-corrected chi connectivity index (χ3v) is 6.50. The molecule has 0 saturated carbocycles. The first-order valence-electron chi connectivity index (χ1n) is 12.9. The van der Waals surface area contributed by atoms with Gasteiger partial charge in [0.15, 0.2) is 0 Å². The molecule has 1 heterocycles. The number of amides is 1. The van der Waals surface area contributed by atoms with Crippen molar-refractivity contribution in [1.29, 1.82) is 5.41 Å². The van der Waals surface area contributed by atoms with Gasteiger partial charge >= 0.3 is 5.97 Å². The molecule has 0 fully saturated rings. The number of amidine groups is 1. The lowest BCUT2D eigenvalue weighted by Gasteiger charge is -2.23. The van der Waals surface area contributed by atoms with Crippen LogP contribution in [0, 0.1) is 5.41 Å². The van der Waals surface area contributed by atoms with E-state index in [1.54, 1.807) is 6.07 Å². The van der Waals surface area contributed by atoms with E-state index >= 15 is 0 Å². The van der Waals surface area contributed by atoms with Crippen molar-refractivity contribution >= 4 is 28.7 Å². The lowest BCUT2D eigenvalue weighted by Crippen LogP contribution is -2.33. The zero-order valence-electron chi connectivity index (χ0n) is 21.9. The number of para-hydroxylation sites is 2. The van der Waals surface area contributed by atoms with Crippen molar-refractivity contribution < 1.29 is 19.1 Å². The maximum absolute atomic E-state index is 13.6. The molecule has 0 bridgehead atoms. The fourth-order valence-electron chi connectivity index (χ4n) is 4.68. The van der Waals surface area contributed by atoms with Gasteiger partial charge in [0.1, 0.15) is 18.3 Å². The number of hydrogen-bond acceptors (Lipinski definition) is 4. The quantitative estimate of drug-likeness (QED) is 0.112. The summed E-state index contributed by atoms with van der Waals surface area (Å²) < 4.78 is 14.8. The molecule has 0 aliphatic rings. The number of carboxylic acids is 1. The summed E-state index contributed by atoms with van der Waals surface area (Å²) in [5.74, 6) is -1.27. The molecule has 0 spiro atoms. The van der Waals surface area contributed by atoms with Gasteiger partial charge in [-0.3, -0.25) is 10.2 Å². The molecule has 4 aromatic rings. The average molecular weight is 530 g/mol. The Morgan fingerprint density at radius 3 is 2.41 bits per heavy atom. The summed E-state index contributed by atoms with van der Waals surface area (Å²) in [6.07, 6.45) is 0.964. The number of aromatic nitrogens is 2. The molecule has 39 heavy (non-hydrogen) atoms. The Morgan fingerprint density at radius 2 is 1.72 bits per heavy atom. The summed E-state index contributed by atoms with van der Waals surface area (Å²) in [6, 6.07) is 21.4. The fourth-order valence-corrected chi connectivity index (χ4v) is 4.68. The summed E-state index contributed by atoms with van der Waals surface area (Å²) in [6.45, 7) is 3.54. The van der Waals surface area contributed by atoms with Crippen LogP contribution in [0.5, 0.6) is 0 Å². The van der Waals surface area contributed by atoms with E-state index in [-0.39, 0.29) is 23.0 Å². The lowest BCUT2D eigenvalue weighted by molar-refractivity contribution is 0.0690. The molecule has 4 rings (SSSR count). The van der Waals surface area contributed by atoms with Crippen molar-refractivity contribution in [2.75, 3.05) is 13.2 Å². The van der Waals surface area contributed by atoms with Gasteiger partial charge in [-0.1, -0.05) is 48.5 Å². The smallest absolute Gasteiger partial charge is 0.336 e. The van der Waals surface area contributed by atoms with Crippen molar-refractivity contribution in [3.8, 4) is 11.1 Å². The Balaban J connectivity index is 1.68. The summed E-state index contributed by atoms with van der Waals surface area (Å²) >= 11 is 0. The van der Waals surface area contributed by atoms with E-state index in [4.69, 9.17) is 10.4 Å². The van der Waals surface area contributed by atoms with Crippen LogP contribution in [0.15, 0.2) is 72.8 Å². The predicted octanol–water partition coefficient (Wildman–Crippen LogP) is 5.77. The Bertz CT molecular complexity index is 1480. The molecule has 3 aromatic carbocycles. The number of carbonyl (C=O) groups excluding carboxylic acids is 1. The van der Waals surface area contributed by atoms with Gasteiger partial charge in [0, 0.05) is 12.6 Å². The van der Waals surface area contributed by atoms with E-state index in [1.165, 1.54) is 12.1 Å². The van der Waals surface area contributed by atoms with Crippen molar-refractivity contribution in [2.24, 2.45) is 0 Å². The molecule has 1 aromatic heterocycles. The number of nitrogens with zero attached hydrogens (tertiary/aromatic N) is 2. The standard InChI is InChI=1S/C30H32FN5O3/c1-19(2)36-26-13-7-6-11-24(26)34-28(36)25(12-8-16-33-27(32)18-31)35-29(37)22-15-14-21(17-23(22)30(38)39)20-9-4-3-5-10-20/h3-7,9-11,13-15,17,19,25H,8,12,16,18H2,1-2H3,(H2,32,33)(H,35,37)(H,38,39). The van der Waals surface area contributed by atoms with E-state index in [0.29, 0.717) is 30.8 Å². The number of rotatable bonds is 11.